The SMILES string of the molecule is C[Si](C)(O[Si](C)(C)C12CC3CC(CC(C3)C1)C2)C12CC3CC(CC(C3)C1)C2. The lowest BCUT2D eigenvalue weighted by Gasteiger charge is -2.65. The van der Waals surface area contributed by atoms with Crippen LogP contribution < -0.4 is 0 Å². The van der Waals surface area contributed by atoms with Gasteiger partial charge in [-0.25, -0.2) is 0 Å². The molecule has 8 aliphatic rings. The first-order valence-electron chi connectivity index (χ1n) is 12.4. The Hall–Kier alpha value is 0.394. The molecule has 3 heteroatoms. The van der Waals surface area contributed by atoms with Crippen LogP contribution in [-0.4, -0.2) is 16.6 Å². The fourth-order valence-electron chi connectivity index (χ4n) is 10.6. The van der Waals surface area contributed by atoms with E-state index < -0.39 is 16.6 Å². The molecule has 0 heterocycles. The third kappa shape index (κ3) is 2.56. The molecule has 152 valence electrons. The van der Waals surface area contributed by atoms with Gasteiger partial charge < -0.3 is 4.12 Å². The molecule has 0 aromatic rings. The van der Waals surface area contributed by atoms with Gasteiger partial charge in [-0.15, -0.1) is 0 Å². The second-order valence-corrected chi connectivity index (χ2v) is 22.5. The summed E-state index contributed by atoms with van der Waals surface area (Å²) in [4.78, 5) is 0. The quantitative estimate of drug-likeness (QED) is 0.446. The number of hydrogen-bond acceptors (Lipinski definition) is 1. The standard InChI is InChI=1S/C24H42OSi2/c1-26(2,23-11-17-5-18(12-23)7-19(6-17)13-23)25-27(3,4)24-14-20-8-21(15-24)10-22(9-20)16-24/h17-22H,5-16H2,1-4H3. The lowest BCUT2D eigenvalue weighted by atomic mass is 9.56. The number of hydrogen-bond donors (Lipinski definition) is 0. The van der Waals surface area contributed by atoms with Gasteiger partial charge in [0.05, 0.1) is 0 Å². The molecular formula is C24H42OSi2. The van der Waals surface area contributed by atoms with Gasteiger partial charge in [0.1, 0.15) is 0 Å². The molecule has 27 heavy (non-hydrogen) atoms. The minimum atomic E-state index is -1.68. The van der Waals surface area contributed by atoms with Gasteiger partial charge in [0.25, 0.3) is 0 Å². The first-order chi connectivity index (χ1) is 12.7. The molecule has 8 bridgehead atoms. The molecular weight excluding hydrogens is 360 g/mol. The van der Waals surface area contributed by atoms with Crippen molar-refractivity contribution in [1.29, 1.82) is 0 Å². The Morgan fingerprint density at radius 2 is 0.704 bits per heavy atom. The molecule has 0 radical (unpaired) electrons. The maximum absolute atomic E-state index is 7.67. The molecule has 0 aromatic heterocycles. The summed E-state index contributed by atoms with van der Waals surface area (Å²) in [6, 6.07) is 0. The Labute approximate surface area is 169 Å². The van der Waals surface area contributed by atoms with Crippen LogP contribution in [0.3, 0.4) is 0 Å². The zero-order valence-electron chi connectivity index (χ0n) is 18.4. The van der Waals surface area contributed by atoms with Gasteiger partial charge in [0, 0.05) is 0 Å². The Morgan fingerprint density at radius 1 is 0.481 bits per heavy atom. The van der Waals surface area contributed by atoms with Crippen LogP contribution in [0, 0.1) is 35.5 Å². The molecule has 8 fully saturated rings. The van der Waals surface area contributed by atoms with E-state index in [0.29, 0.717) is 10.1 Å². The van der Waals surface area contributed by atoms with Crippen LogP contribution in [0.2, 0.25) is 36.3 Å². The van der Waals surface area contributed by atoms with E-state index in [0.717, 1.165) is 35.5 Å². The van der Waals surface area contributed by atoms with Gasteiger partial charge in [0.2, 0.25) is 0 Å². The molecule has 8 aliphatic carbocycles. The molecule has 0 atom stereocenters. The van der Waals surface area contributed by atoms with Crippen molar-refractivity contribution in [1.82, 2.24) is 0 Å². The minimum Gasteiger partial charge on any atom is -0.455 e. The Bertz CT molecular complexity index is 512. The normalized spacial score (nSPS) is 53.3. The van der Waals surface area contributed by atoms with Crippen molar-refractivity contribution in [3.05, 3.63) is 0 Å². The fraction of sp³-hybridized carbons (Fsp3) is 1.00. The van der Waals surface area contributed by atoms with E-state index >= 15 is 0 Å². The summed E-state index contributed by atoms with van der Waals surface area (Å²) in [6.45, 7) is 10.7. The van der Waals surface area contributed by atoms with Crippen molar-refractivity contribution >= 4 is 16.6 Å². The van der Waals surface area contributed by atoms with Gasteiger partial charge in [-0.3, -0.25) is 0 Å². The first kappa shape index (κ1) is 18.2. The van der Waals surface area contributed by atoms with E-state index in [1.54, 1.807) is 77.0 Å². The third-order valence-corrected chi connectivity index (χ3v) is 21.6. The van der Waals surface area contributed by atoms with Crippen LogP contribution in [0.1, 0.15) is 77.0 Å². The topological polar surface area (TPSA) is 9.23 Å². The highest BCUT2D eigenvalue weighted by molar-refractivity contribution is 6.87. The second kappa shape index (κ2) is 5.55. The molecule has 0 saturated heterocycles. The first-order valence-corrected chi connectivity index (χ1v) is 18.2. The summed E-state index contributed by atoms with van der Waals surface area (Å²) in [7, 11) is -3.36. The van der Waals surface area contributed by atoms with E-state index in [-0.39, 0.29) is 0 Å². The van der Waals surface area contributed by atoms with Crippen molar-refractivity contribution in [2.24, 2.45) is 35.5 Å². The fourth-order valence-corrected chi connectivity index (χ4v) is 22.1. The zero-order valence-corrected chi connectivity index (χ0v) is 20.4. The average Bonchev–Trinajstić information content (AvgIpc) is 2.51. The molecule has 0 amide bonds. The highest BCUT2D eigenvalue weighted by Gasteiger charge is 2.64. The summed E-state index contributed by atoms with van der Waals surface area (Å²) in [5.74, 6) is 6.39. The van der Waals surface area contributed by atoms with Crippen LogP contribution in [0.4, 0.5) is 0 Å². The van der Waals surface area contributed by atoms with Gasteiger partial charge >= 0.3 is 0 Å². The molecule has 0 aliphatic heterocycles. The van der Waals surface area contributed by atoms with Crippen molar-refractivity contribution in [3.63, 3.8) is 0 Å². The van der Waals surface area contributed by atoms with E-state index in [1.807, 2.05) is 0 Å². The molecule has 8 rings (SSSR count). The molecule has 8 saturated carbocycles. The molecule has 0 unspecified atom stereocenters. The third-order valence-electron chi connectivity index (χ3n) is 11.1. The lowest BCUT2D eigenvalue weighted by molar-refractivity contribution is 0.0122. The Kier molecular flexibility index (Phi) is 3.74. The summed E-state index contributed by atoms with van der Waals surface area (Å²) < 4.78 is 7.67. The lowest BCUT2D eigenvalue weighted by Crippen LogP contribution is -2.63. The largest absolute Gasteiger partial charge is 0.455 e. The summed E-state index contributed by atoms with van der Waals surface area (Å²) in [5.41, 5.74) is 0. The second-order valence-electron chi connectivity index (χ2n) is 13.5. The Morgan fingerprint density at radius 3 is 0.926 bits per heavy atom. The minimum absolute atomic E-state index is 0.647. The predicted octanol–water partition coefficient (Wildman–Crippen LogP) is 7.35. The summed E-state index contributed by atoms with van der Waals surface area (Å²) >= 11 is 0. The van der Waals surface area contributed by atoms with Crippen molar-refractivity contribution < 1.29 is 4.12 Å². The maximum Gasteiger partial charge on any atom is 0.179 e. The molecule has 0 N–H and O–H groups in total. The summed E-state index contributed by atoms with van der Waals surface area (Å²) in [6.07, 6.45) is 18.7. The molecule has 0 aromatic carbocycles. The van der Waals surface area contributed by atoms with E-state index in [4.69, 9.17) is 4.12 Å². The van der Waals surface area contributed by atoms with Crippen LogP contribution in [0.15, 0.2) is 0 Å². The molecule has 1 nitrogen and oxygen atoms in total. The van der Waals surface area contributed by atoms with Crippen LogP contribution >= 0.6 is 0 Å². The Balaban J connectivity index is 1.29. The monoisotopic (exact) mass is 402 g/mol. The van der Waals surface area contributed by atoms with Crippen molar-refractivity contribution in [2.45, 2.75) is 113 Å². The van der Waals surface area contributed by atoms with Crippen molar-refractivity contribution in [2.75, 3.05) is 0 Å². The van der Waals surface area contributed by atoms with Crippen LogP contribution in [-0.2, 0) is 4.12 Å². The zero-order chi connectivity index (χ0) is 18.7. The van der Waals surface area contributed by atoms with Crippen LogP contribution in [0.25, 0.3) is 0 Å². The van der Waals surface area contributed by atoms with Gasteiger partial charge in [-0.1, -0.05) is 0 Å². The van der Waals surface area contributed by atoms with Crippen molar-refractivity contribution in [3.8, 4) is 0 Å². The number of rotatable bonds is 4. The van der Waals surface area contributed by atoms with Gasteiger partial charge in [-0.05, 0) is 149 Å². The van der Waals surface area contributed by atoms with E-state index in [9.17, 15) is 0 Å². The maximum atomic E-state index is 7.67. The summed E-state index contributed by atoms with van der Waals surface area (Å²) in [5, 5.41) is 1.29. The van der Waals surface area contributed by atoms with Crippen LogP contribution in [0.5, 0.6) is 0 Å². The van der Waals surface area contributed by atoms with Gasteiger partial charge in [0.15, 0.2) is 16.6 Å². The highest BCUT2D eigenvalue weighted by atomic mass is 28.4. The smallest absolute Gasteiger partial charge is 0.179 e. The molecule has 0 spiro atoms. The average molecular weight is 403 g/mol. The predicted molar refractivity (Wildman–Crippen MR) is 118 cm³/mol. The van der Waals surface area contributed by atoms with E-state index in [1.165, 1.54) is 0 Å². The highest BCUT2D eigenvalue weighted by Crippen LogP contribution is 2.71. The van der Waals surface area contributed by atoms with Gasteiger partial charge in [-0.2, -0.15) is 0 Å². The van der Waals surface area contributed by atoms with E-state index in [2.05, 4.69) is 26.2 Å².